The minimum absolute atomic E-state index is 0.189. The van der Waals surface area contributed by atoms with Gasteiger partial charge in [-0.3, -0.25) is 4.79 Å². The van der Waals surface area contributed by atoms with E-state index in [1.165, 1.54) is 0 Å². The molecule has 0 radical (unpaired) electrons. The molecule has 0 bridgehead atoms. The SMILES string of the molecule is CNCC(O)COc1cccc(-c2nc(CCCCN3CCCCCC3=O)c(C)c(-c3c(C)noc3C)n2)c1. The Kier molecular flexibility index (Phi) is 10.1. The summed E-state index contributed by atoms with van der Waals surface area (Å²) in [6, 6.07) is 7.64. The summed E-state index contributed by atoms with van der Waals surface area (Å²) in [6.07, 6.45) is 5.95. The maximum Gasteiger partial charge on any atom is 0.222 e. The molecule has 9 heteroatoms. The Morgan fingerprint density at radius 2 is 2.00 bits per heavy atom. The molecule has 2 aromatic heterocycles. The number of carbonyl (C=O) groups is 1. The van der Waals surface area contributed by atoms with Gasteiger partial charge in [0.2, 0.25) is 5.91 Å². The van der Waals surface area contributed by atoms with E-state index >= 15 is 0 Å². The van der Waals surface area contributed by atoms with Crippen molar-refractivity contribution < 1.29 is 19.2 Å². The van der Waals surface area contributed by atoms with E-state index in [0.717, 1.165) is 91.1 Å². The molecule has 3 heterocycles. The number of rotatable bonds is 12. The molecule has 1 fully saturated rings. The Morgan fingerprint density at radius 1 is 1.15 bits per heavy atom. The predicted molar refractivity (Wildman–Crippen MR) is 151 cm³/mol. The summed E-state index contributed by atoms with van der Waals surface area (Å²) in [7, 11) is 1.79. The lowest BCUT2D eigenvalue weighted by Crippen LogP contribution is -2.31. The number of hydrogen-bond acceptors (Lipinski definition) is 8. The Bertz CT molecular complexity index is 1240. The highest BCUT2D eigenvalue weighted by molar-refractivity contribution is 5.76. The Labute approximate surface area is 231 Å². The van der Waals surface area contributed by atoms with Crippen LogP contribution in [0.15, 0.2) is 28.8 Å². The number of nitrogens with one attached hydrogen (secondary N) is 1. The van der Waals surface area contributed by atoms with Crippen LogP contribution in [0, 0.1) is 20.8 Å². The van der Waals surface area contributed by atoms with Crippen LogP contribution in [0.25, 0.3) is 22.6 Å². The molecule has 210 valence electrons. The van der Waals surface area contributed by atoms with E-state index in [-0.39, 0.29) is 12.5 Å². The Balaban J connectivity index is 1.57. The first-order valence-corrected chi connectivity index (χ1v) is 14.0. The topological polar surface area (TPSA) is 114 Å². The molecule has 9 nitrogen and oxygen atoms in total. The van der Waals surface area contributed by atoms with Crippen LogP contribution in [0.1, 0.15) is 61.2 Å². The van der Waals surface area contributed by atoms with E-state index in [9.17, 15) is 9.90 Å². The number of aliphatic hydroxyl groups is 1. The van der Waals surface area contributed by atoms with Crippen LogP contribution in [0.3, 0.4) is 0 Å². The Hall–Kier alpha value is -3.30. The van der Waals surface area contributed by atoms with Crippen molar-refractivity contribution in [1.29, 1.82) is 0 Å². The number of aromatic nitrogens is 3. The van der Waals surface area contributed by atoms with Crippen LogP contribution < -0.4 is 10.1 Å². The zero-order chi connectivity index (χ0) is 27.8. The average Bonchev–Trinajstić information content (AvgIpc) is 3.12. The van der Waals surface area contributed by atoms with E-state index in [1.54, 1.807) is 7.05 Å². The van der Waals surface area contributed by atoms with Gasteiger partial charge in [-0.1, -0.05) is 23.7 Å². The lowest BCUT2D eigenvalue weighted by molar-refractivity contribution is -0.130. The number of nitrogens with zero attached hydrogens (tertiary/aromatic N) is 4. The van der Waals surface area contributed by atoms with Crippen LogP contribution in [-0.2, 0) is 11.2 Å². The highest BCUT2D eigenvalue weighted by Gasteiger charge is 2.21. The molecule has 4 rings (SSSR count). The summed E-state index contributed by atoms with van der Waals surface area (Å²) < 4.78 is 11.3. The number of likely N-dealkylation sites (N-methyl/N-ethyl adjacent to an activating group) is 1. The summed E-state index contributed by atoms with van der Waals surface area (Å²) in [6.45, 7) is 8.20. The molecule has 1 aromatic carbocycles. The van der Waals surface area contributed by atoms with Gasteiger partial charge < -0.3 is 24.6 Å². The van der Waals surface area contributed by atoms with E-state index in [2.05, 4.69) is 17.4 Å². The van der Waals surface area contributed by atoms with Crippen LogP contribution in [0.4, 0.5) is 0 Å². The number of likely N-dealkylation sites (tertiary alicyclic amines) is 1. The Morgan fingerprint density at radius 3 is 2.77 bits per heavy atom. The van der Waals surface area contributed by atoms with Crippen molar-refractivity contribution in [3.63, 3.8) is 0 Å². The predicted octanol–water partition coefficient (Wildman–Crippen LogP) is 4.41. The second-order valence-corrected chi connectivity index (χ2v) is 10.4. The van der Waals surface area contributed by atoms with Gasteiger partial charge in [0, 0.05) is 37.3 Å². The maximum absolute atomic E-state index is 12.4. The van der Waals surface area contributed by atoms with Crippen molar-refractivity contribution in [2.45, 2.75) is 71.8 Å². The average molecular weight is 536 g/mol. The first-order valence-electron chi connectivity index (χ1n) is 14.0. The van der Waals surface area contributed by atoms with Gasteiger partial charge in [0.15, 0.2) is 5.82 Å². The molecule has 1 unspecified atom stereocenters. The third-order valence-electron chi connectivity index (χ3n) is 7.25. The van der Waals surface area contributed by atoms with E-state index < -0.39 is 6.10 Å². The minimum Gasteiger partial charge on any atom is -0.491 e. The van der Waals surface area contributed by atoms with Crippen LogP contribution in [0.2, 0.25) is 0 Å². The van der Waals surface area contributed by atoms with Crippen LogP contribution in [0.5, 0.6) is 5.75 Å². The standard InChI is InChI=1S/C30H41N5O4/c1-20-26(13-7-9-16-35-15-8-5-6-14-27(35)37)32-30(33-29(20)28-21(2)34-39-22(28)3)23-11-10-12-25(17-23)38-19-24(36)18-31-4/h10-12,17,24,31,36H,5-9,13-16,18-19H2,1-4H3. The number of benzene rings is 1. The fourth-order valence-corrected chi connectivity index (χ4v) is 5.08. The molecule has 1 aliphatic heterocycles. The molecule has 1 amide bonds. The zero-order valence-corrected chi connectivity index (χ0v) is 23.6. The first-order chi connectivity index (χ1) is 18.9. The molecular formula is C30H41N5O4. The highest BCUT2D eigenvalue weighted by atomic mass is 16.5. The van der Waals surface area contributed by atoms with Crippen molar-refractivity contribution in [2.75, 3.05) is 33.3 Å². The van der Waals surface area contributed by atoms with Crippen LogP contribution in [-0.4, -0.2) is 70.4 Å². The smallest absolute Gasteiger partial charge is 0.222 e. The van der Waals surface area contributed by atoms with Crippen molar-refractivity contribution in [1.82, 2.24) is 25.3 Å². The van der Waals surface area contributed by atoms with Gasteiger partial charge in [0.25, 0.3) is 0 Å². The second kappa shape index (κ2) is 13.7. The largest absolute Gasteiger partial charge is 0.491 e. The third-order valence-corrected chi connectivity index (χ3v) is 7.25. The maximum atomic E-state index is 12.4. The third kappa shape index (κ3) is 7.42. The molecular weight excluding hydrogens is 494 g/mol. The molecule has 2 N–H and O–H groups in total. The lowest BCUT2D eigenvalue weighted by atomic mass is 10.0. The summed E-state index contributed by atoms with van der Waals surface area (Å²) in [5, 5.41) is 17.1. The molecule has 39 heavy (non-hydrogen) atoms. The quantitative estimate of drug-likeness (QED) is 0.328. The minimum atomic E-state index is -0.600. The van der Waals surface area contributed by atoms with E-state index in [1.807, 2.05) is 43.0 Å². The number of carbonyl (C=O) groups excluding carboxylic acids is 1. The van der Waals surface area contributed by atoms with E-state index in [4.69, 9.17) is 19.2 Å². The molecule has 0 aliphatic carbocycles. The van der Waals surface area contributed by atoms with Gasteiger partial charge in [-0.2, -0.15) is 0 Å². The number of unbranched alkanes of at least 4 members (excludes halogenated alkanes) is 1. The van der Waals surface area contributed by atoms with Crippen molar-refractivity contribution in [3.05, 3.63) is 47.0 Å². The monoisotopic (exact) mass is 535 g/mol. The van der Waals surface area contributed by atoms with Gasteiger partial charge in [0.05, 0.1) is 17.0 Å². The number of aliphatic hydroxyl groups excluding tert-OH is 1. The van der Waals surface area contributed by atoms with Gasteiger partial charge in [-0.15, -0.1) is 0 Å². The second-order valence-electron chi connectivity index (χ2n) is 10.4. The fourth-order valence-electron chi connectivity index (χ4n) is 5.08. The zero-order valence-electron chi connectivity index (χ0n) is 23.6. The molecule has 1 atom stereocenters. The number of amides is 1. The molecule has 1 aliphatic rings. The van der Waals surface area contributed by atoms with Gasteiger partial charge in [0.1, 0.15) is 24.2 Å². The van der Waals surface area contributed by atoms with Gasteiger partial charge >= 0.3 is 0 Å². The molecule has 0 saturated carbocycles. The summed E-state index contributed by atoms with van der Waals surface area (Å²) >= 11 is 0. The number of hydrogen-bond donors (Lipinski definition) is 2. The first kappa shape index (κ1) is 28.7. The molecule has 0 spiro atoms. The molecule has 3 aromatic rings. The number of ether oxygens (including phenoxy) is 1. The van der Waals surface area contributed by atoms with Gasteiger partial charge in [-0.25, -0.2) is 9.97 Å². The highest BCUT2D eigenvalue weighted by Crippen LogP contribution is 2.32. The number of aryl methyl sites for hydroxylation is 3. The van der Waals surface area contributed by atoms with Gasteiger partial charge in [-0.05, 0) is 77.6 Å². The summed E-state index contributed by atoms with van der Waals surface area (Å²) in [5.41, 5.74) is 5.34. The molecule has 1 saturated heterocycles. The fraction of sp³-hybridized carbons (Fsp3) is 0.533. The lowest BCUT2D eigenvalue weighted by Gasteiger charge is -2.20. The normalized spacial score (nSPS) is 14.9. The summed E-state index contributed by atoms with van der Waals surface area (Å²) in [4.78, 5) is 24.4. The van der Waals surface area contributed by atoms with Crippen molar-refractivity contribution in [3.8, 4) is 28.4 Å². The summed E-state index contributed by atoms with van der Waals surface area (Å²) in [5.74, 6) is 2.26. The van der Waals surface area contributed by atoms with Crippen molar-refractivity contribution >= 4 is 5.91 Å². The van der Waals surface area contributed by atoms with Crippen LogP contribution >= 0.6 is 0 Å². The van der Waals surface area contributed by atoms with E-state index in [0.29, 0.717) is 24.5 Å². The van der Waals surface area contributed by atoms with Crippen molar-refractivity contribution in [2.24, 2.45) is 0 Å².